The van der Waals surface area contributed by atoms with E-state index < -0.39 is 5.82 Å². The van der Waals surface area contributed by atoms with Crippen LogP contribution in [0.4, 0.5) is 10.1 Å². The summed E-state index contributed by atoms with van der Waals surface area (Å²) in [7, 11) is 0. The van der Waals surface area contributed by atoms with Gasteiger partial charge < -0.3 is 15.4 Å². The van der Waals surface area contributed by atoms with Crippen molar-refractivity contribution < 1.29 is 13.9 Å². The summed E-state index contributed by atoms with van der Waals surface area (Å²) in [6, 6.07) is 7.92. The second-order valence-electron chi connectivity index (χ2n) is 6.69. The van der Waals surface area contributed by atoms with Crippen molar-refractivity contribution in [3.8, 4) is 11.3 Å². The molecule has 0 radical (unpaired) electrons. The number of carbonyl (C=O) groups is 1. The Morgan fingerprint density at radius 3 is 3.00 bits per heavy atom. The third kappa shape index (κ3) is 3.27. The average molecular weight is 356 g/mol. The second-order valence-corrected chi connectivity index (χ2v) is 6.69. The van der Waals surface area contributed by atoms with Gasteiger partial charge in [0.1, 0.15) is 5.82 Å². The summed E-state index contributed by atoms with van der Waals surface area (Å²) in [5.74, 6) is -0.652. The van der Waals surface area contributed by atoms with E-state index in [4.69, 9.17) is 10.5 Å². The van der Waals surface area contributed by atoms with Gasteiger partial charge in [0.15, 0.2) is 0 Å². The van der Waals surface area contributed by atoms with Gasteiger partial charge in [-0.25, -0.2) is 4.39 Å². The topological polar surface area (TPSA) is 71.7 Å². The molecule has 6 nitrogen and oxygen atoms in total. The molecule has 2 N–H and O–H groups in total. The second kappa shape index (κ2) is 7.01. The van der Waals surface area contributed by atoms with E-state index in [-0.39, 0.29) is 11.9 Å². The van der Waals surface area contributed by atoms with Crippen LogP contribution in [0.2, 0.25) is 0 Å². The molecule has 136 valence electrons. The van der Waals surface area contributed by atoms with Gasteiger partial charge in [-0.05, 0) is 30.3 Å². The number of nitrogen functional groups attached to an aromatic ring is 1. The van der Waals surface area contributed by atoms with Crippen molar-refractivity contribution in [2.45, 2.75) is 6.04 Å². The number of hydrogen-bond donors (Lipinski definition) is 1. The van der Waals surface area contributed by atoms with Crippen LogP contribution >= 0.6 is 0 Å². The van der Waals surface area contributed by atoms with Gasteiger partial charge in [0.2, 0.25) is 0 Å². The lowest BCUT2D eigenvalue weighted by molar-refractivity contribution is -0.0395. The lowest BCUT2D eigenvalue weighted by Gasteiger charge is -2.43. The zero-order valence-corrected chi connectivity index (χ0v) is 14.4. The van der Waals surface area contributed by atoms with Crippen molar-refractivity contribution in [1.82, 2.24) is 14.8 Å². The first-order valence-electron chi connectivity index (χ1n) is 8.74. The maximum Gasteiger partial charge on any atom is 0.254 e. The zero-order chi connectivity index (χ0) is 18.1. The first-order valence-corrected chi connectivity index (χ1v) is 8.74. The number of morpholine rings is 1. The molecule has 4 rings (SSSR count). The van der Waals surface area contributed by atoms with Crippen LogP contribution in [-0.4, -0.2) is 66.1 Å². The Balaban J connectivity index is 1.59. The minimum Gasteiger partial charge on any atom is -0.397 e. The smallest absolute Gasteiger partial charge is 0.254 e. The molecule has 26 heavy (non-hydrogen) atoms. The molecule has 1 atom stereocenters. The zero-order valence-electron chi connectivity index (χ0n) is 14.4. The molecule has 0 aliphatic carbocycles. The maximum atomic E-state index is 14.2. The molecule has 2 fully saturated rings. The van der Waals surface area contributed by atoms with E-state index in [1.807, 2.05) is 0 Å². The highest BCUT2D eigenvalue weighted by atomic mass is 19.1. The number of benzene rings is 1. The fourth-order valence-electron chi connectivity index (χ4n) is 3.62. The van der Waals surface area contributed by atoms with E-state index in [0.29, 0.717) is 42.2 Å². The van der Waals surface area contributed by atoms with E-state index >= 15 is 0 Å². The molecule has 1 aromatic carbocycles. The van der Waals surface area contributed by atoms with Gasteiger partial charge in [0.05, 0.1) is 30.6 Å². The third-order valence-electron chi connectivity index (χ3n) is 4.98. The van der Waals surface area contributed by atoms with E-state index in [9.17, 15) is 9.18 Å². The van der Waals surface area contributed by atoms with Crippen LogP contribution in [0.5, 0.6) is 0 Å². The number of carbonyl (C=O) groups excluding carboxylic acids is 1. The molecule has 1 aromatic heterocycles. The number of rotatable bonds is 2. The Hall–Kier alpha value is -2.51. The highest BCUT2D eigenvalue weighted by Gasteiger charge is 2.32. The van der Waals surface area contributed by atoms with Crippen LogP contribution in [-0.2, 0) is 4.74 Å². The molecule has 2 aromatic rings. The fourth-order valence-corrected chi connectivity index (χ4v) is 3.62. The van der Waals surface area contributed by atoms with E-state index in [1.165, 1.54) is 12.1 Å². The number of amides is 1. The number of halogens is 1. The summed E-state index contributed by atoms with van der Waals surface area (Å²) in [4.78, 5) is 21.3. The Kier molecular flexibility index (Phi) is 4.57. The van der Waals surface area contributed by atoms with Gasteiger partial charge in [0.25, 0.3) is 5.91 Å². The van der Waals surface area contributed by atoms with E-state index in [2.05, 4.69) is 9.88 Å². The average Bonchev–Trinajstić information content (AvgIpc) is 2.67. The van der Waals surface area contributed by atoms with Gasteiger partial charge >= 0.3 is 0 Å². The number of piperazine rings is 1. The molecule has 1 amide bonds. The molecule has 2 aliphatic heterocycles. The SMILES string of the molecule is Nc1cccnc1-c1cc(F)cc(C(=O)N2CCN3CCOCC3C2)c1. The summed E-state index contributed by atoms with van der Waals surface area (Å²) in [6.45, 7) is 4.31. The Morgan fingerprint density at radius 2 is 2.15 bits per heavy atom. The summed E-state index contributed by atoms with van der Waals surface area (Å²) >= 11 is 0. The van der Waals surface area contributed by atoms with Gasteiger partial charge in [-0.1, -0.05) is 0 Å². The molecule has 3 heterocycles. The Labute approximate surface area is 151 Å². The lowest BCUT2D eigenvalue weighted by atomic mass is 10.0. The van der Waals surface area contributed by atoms with Crippen molar-refractivity contribution in [3.05, 3.63) is 47.9 Å². The lowest BCUT2D eigenvalue weighted by Crippen LogP contribution is -2.59. The number of pyridine rings is 1. The molecular formula is C19H21FN4O2. The third-order valence-corrected chi connectivity index (χ3v) is 4.98. The summed E-state index contributed by atoms with van der Waals surface area (Å²) in [6.07, 6.45) is 1.60. The number of fused-ring (bicyclic) bond motifs is 1. The molecule has 0 bridgehead atoms. The molecule has 0 spiro atoms. The summed E-state index contributed by atoms with van der Waals surface area (Å²) < 4.78 is 19.7. The molecule has 1 unspecified atom stereocenters. The molecule has 2 saturated heterocycles. The van der Waals surface area contributed by atoms with Crippen LogP contribution in [0.25, 0.3) is 11.3 Å². The van der Waals surface area contributed by atoms with Crippen LogP contribution in [0, 0.1) is 5.82 Å². The largest absolute Gasteiger partial charge is 0.397 e. The van der Waals surface area contributed by atoms with E-state index in [0.717, 1.165) is 19.7 Å². The van der Waals surface area contributed by atoms with Crippen molar-refractivity contribution in [2.24, 2.45) is 0 Å². The van der Waals surface area contributed by atoms with E-state index in [1.54, 1.807) is 29.3 Å². The normalized spacial score (nSPS) is 20.7. The number of ether oxygens (including phenoxy) is 1. The number of hydrogen-bond acceptors (Lipinski definition) is 5. The highest BCUT2D eigenvalue weighted by molar-refractivity contribution is 5.96. The van der Waals surface area contributed by atoms with Crippen molar-refractivity contribution in [2.75, 3.05) is 45.1 Å². The Bertz CT molecular complexity index is 829. The molecular weight excluding hydrogens is 335 g/mol. The van der Waals surface area contributed by atoms with Crippen molar-refractivity contribution in [1.29, 1.82) is 0 Å². The molecule has 0 saturated carbocycles. The van der Waals surface area contributed by atoms with Gasteiger partial charge in [-0.3, -0.25) is 14.7 Å². The Morgan fingerprint density at radius 1 is 1.27 bits per heavy atom. The van der Waals surface area contributed by atoms with Crippen molar-refractivity contribution in [3.63, 3.8) is 0 Å². The molecule has 7 heteroatoms. The van der Waals surface area contributed by atoms with Gasteiger partial charge in [0, 0.05) is 43.5 Å². The first kappa shape index (κ1) is 16.9. The van der Waals surface area contributed by atoms with Crippen LogP contribution < -0.4 is 5.73 Å². The minimum absolute atomic E-state index is 0.175. The maximum absolute atomic E-state index is 14.2. The van der Waals surface area contributed by atoms with Crippen LogP contribution in [0.1, 0.15) is 10.4 Å². The predicted octanol–water partition coefficient (Wildman–Crippen LogP) is 1.63. The summed E-state index contributed by atoms with van der Waals surface area (Å²) in [5, 5.41) is 0. The monoisotopic (exact) mass is 356 g/mol. The van der Waals surface area contributed by atoms with Gasteiger partial charge in [-0.2, -0.15) is 0 Å². The van der Waals surface area contributed by atoms with Crippen LogP contribution in [0.3, 0.4) is 0 Å². The minimum atomic E-state index is -0.476. The first-order chi connectivity index (χ1) is 12.6. The number of anilines is 1. The van der Waals surface area contributed by atoms with Crippen molar-refractivity contribution >= 4 is 11.6 Å². The number of aromatic nitrogens is 1. The standard InChI is InChI=1S/C19H21FN4O2/c20-15-9-13(18-17(21)2-1-3-22-18)8-14(10-15)19(25)24-5-4-23-6-7-26-12-16(23)11-24/h1-3,8-10,16H,4-7,11-12,21H2. The highest BCUT2D eigenvalue weighted by Crippen LogP contribution is 2.26. The fraction of sp³-hybridized carbons (Fsp3) is 0.368. The summed E-state index contributed by atoms with van der Waals surface area (Å²) in [5.41, 5.74) is 7.69. The van der Waals surface area contributed by atoms with Crippen LogP contribution in [0.15, 0.2) is 36.5 Å². The van der Waals surface area contributed by atoms with Gasteiger partial charge in [-0.15, -0.1) is 0 Å². The predicted molar refractivity (Wildman–Crippen MR) is 96.1 cm³/mol. The number of nitrogens with two attached hydrogens (primary N) is 1. The molecule has 2 aliphatic rings. The quantitative estimate of drug-likeness (QED) is 0.885. The number of nitrogens with zero attached hydrogens (tertiary/aromatic N) is 3.